The maximum Gasteiger partial charge on any atom is 0.251 e. The lowest BCUT2D eigenvalue weighted by Crippen LogP contribution is -2.45. The minimum absolute atomic E-state index is 0.127. The minimum atomic E-state index is -0.358. The summed E-state index contributed by atoms with van der Waals surface area (Å²) in [6.07, 6.45) is 4.15. The van der Waals surface area contributed by atoms with Gasteiger partial charge in [-0.25, -0.2) is 0 Å². The second-order valence-electron chi connectivity index (χ2n) is 7.98. The van der Waals surface area contributed by atoms with E-state index >= 15 is 0 Å². The molecule has 1 saturated carbocycles. The van der Waals surface area contributed by atoms with E-state index in [2.05, 4.69) is 20.7 Å². The Kier molecular flexibility index (Phi) is 7.01. The quantitative estimate of drug-likeness (QED) is 0.531. The Hall–Kier alpha value is -3.69. The minimum Gasteiger partial charge on any atom is -0.492 e. The van der Waals surface area contributed by atoms with Crippen LogP contribution in [0.2, 0.25) is 0 Å². The summed E-state index contributed by atoms with van der Waals surface area (Å²) < 4.78 is 11.2. The van der Waals surface area contributed by atoms with Crippen LogP contribution in [0.4, 0.5) is 5.69 Å². The first kappa shape index (κ1) is 22.5. The topological polar surface area (TPSA) is 115 Å². The fraction of sp³-hybridized carbons (Fsp3) is 0.435. The van der Waals surface area contributed by atoms with Crippen molar-refractivity contribution in [2.24, 2.45) is 0 Å². The smallest absolute Gasteiger partial charge is 0.251 e. The summed E-state index contributed by atoms with van der Waals surface area (Å²) in [6.45, 7) is 3.81. The van der Waals surface area contributed by atoms with Gasteiger partial charge in [0.2, 0.25) is 11.7 Å². The Morgan fingerprint density at radius 2 is 2.00 bits per heavy atom. The van der Waals surface area contributed by atoms with Crippen LogP contribution in [0.3, 0.4) is 0 Å². The van der Waals surface area contributed by atoms with Crippen LogP contribution in [-0.4, -0.2) is 51.2 Å². The molecule has 0 atom stereocenters. The van der Waals surface area contributed by atoms with Gasteiger partial charge in [0.05, 0.1) is 12.3 Å². The van der Waals surface area contributed by atoms with E-state index in [1.54, 1.807) is 30.3 Å². The Labute approximate surface area is 191 Å². The molecule has 2 aromatic heterocycles. The molecular weight excluding hydrogens is 424 g/mol. The molecule has 1 aliphatic carbocycles. The van der Waals surface area contributed by atoms with Crippen LogP contribution in [0.5, 0.6) is 5.75 Å². The Balaban J connectivity index is 1.54. The van der Waals surface area contributed by atoms with Gasteiger partial charge in [-0.15, -0.1) is 10.2 Å². The van der Waals surface area contributed by atoms with Crippen LogP contribution in [0.1, 0.15) is 38.4 Å². The molecular formula is C23H28N6O4. The molecule has 174 valence electrons. The predicted octanol–water partition coefficient (Wildman–Crippen LogP) is 2.73. The average Bonchev–Trinajstić information content (AvgIpc) is 3.55. The summed E-state index contributed by atoms with van der Waals surface area (Å²) in [4.78, 5) is 28.7. The zero-order valence-electron chi connectivity index (χ0n) is 18.9. The van der Waals surface area contributed by atoms with E-state index in [-0.39, 0.29) is 36.8 Å². The van der Waals surface area contributed by atoms with Gasteiger partial charge >= 0.3 is 0 Å². The molecule has 2 amide bonds. The highest BCUT2D eigenvalue weighted by atomic mass is 16.5. The van der Waals surface area contributed by atoms with Crippen molar-refractivity contribution in [3.05, 3.63) is 42.2 Å². The molecule has 33 heavy (non-hydrogen) atoms. The summed E-state index contributed by atoms with van der Waals surface area (Å²) in [7, 11) is 0. The fourth-order valence-corrected chi connectivity index (χ4v) is 3.92. The van der Waals surface area contributed by atoms with E-state index in [0.717, 1.165) is 31.4 Å². The largest absolute Gasteiger partial charge is 0.492 e. The average molecular weight is 453 g/mol. The molecule has 1 N–H and O–H groups in total. The molecule has 0 aliphatic heterocycles. The van der Waals surface area contributed by atoms with E-state index in [1.807, 2.05) is 19.9 Å². The zero-order valence-corrected chi connectivity index (χ0v) is 18.9. The number of amides is 2. The Bertz CT molecular complexity index is 1100. The maximum atomic E-state index is 13.3. The molecule has 10 nitrogen and oxygen atoms in total. The van der Waals surface area contributed by atoms with Crippen molar-refractivity contribution < 1.29 is 18.7 Å². The lowest BCUT2D eigenvalue weighted by molar-refractivity contribution is -0.124. The van der Waals surface area contributed by atoms with Crippen LogP contribution in [0, 0.1) is 6.92 Å². The molecule has 0 spiro atoms. The molecule has 0 bridgehead atoms. The molecule has 3 aromatic rings. The van der Waals surface area contributed by atoms with Crippen molar-refractivity contribution in [2.45, 2.75) is 52.1 Å². The molecule has 2 heterocycles. The van der Waals surface area contributed by atoms with Crippen LogP contribution in [0.25, 0.3) is 11.6 Å². The number of hydrogen-bond acceptors (Lipinski definition) is 7. The van der Waals surface area contributed by atoms with Gasteiger partial charge in [0.25, 0.3) is 5.91 Å². The lowest BCUT2D eigenvalue weighted by Gasteiger charge is -2.25. The number of hydrogen-bond donors (Lipinski definition) is 1. The first-order valence-electron chi connectivity index (χ1n) is 11.2. The number of benzene rings is 1. The van der Waals surface area contributed by atoms with E-state index < -0.39 is 0 Å². The van der Waals surface area contributed by atoms with E-state index in [1.165, 1.54) is 9.70 Å². The summed E-state index contributed by atoms with van der Waals surface area (Å²) >= 11 is 0. The summed E-state index contributed by atoms with van der Waals surface area (Å²) in [6, 6.07) is 10.9. The van der Waals surface area contributed by atoms with Crippen molar-refractivity contribution in [1.82, 2.24) is 25.5 Å². The van der Waals surface area contributed by atoms with Crippen molar-refractivity contribution in [3.8, 4) is 17.3 Å². The molecule has 0 unspecified atom stereocenters. The fourth-order valence-electron chi connectivity index (χ4n) is 3.92. The van der Waals surface area contributed by atoms with Gasteiger partial charge in [-0.05, 0) is 56.2 Å². The highest BCUT2D eigenvalue weighted by Gasteiger charge is 2.25. The number of tetrazole rings is 1. The van der Waals surface area contributed by atoms with Gasteiger partial charge in [0.15, 0.2) is 5.76 Å². The molecule has 10 heteroatoms. The van der Waals surface area contributed by atoms with Gasteiger partial charge in [-0.1, -0.05) is 25.0 Å². The number of anilines is 1. The number of nitrogens with one attached hydrogen (secondary N) is 1. The highest BCUT2D eigenvalue weighted by molar-refractivity contribution is 5.99. The van der Waals surface area contributed by atoms with Gasteiger partial charge in [0.1, 0.15) is 24.6 Å². The number of ether oxygens (including phenoxy) is 1. The van der Waals surface area contributed by atoms with Crippen LogP contribution < -0.4 is 15.0 Å². The maximum absolute atomic E-state index is 13.3. The first-order chi connectivity index (χ1) is 16.0. The molecule has 4 rings (SSSR count). The van der Waals surface area contributed by atoms with Crippen molar-refractivity contribution >= 4 is 17.5 Å². The standard InChI is InChI=1S/C23H28N6O4/c1-3-32-19-11-7-6-10-18(19)28(14-21(30)24-17-8-4-5-9-17)22(31)15-29-26-23(25-27-29)20-13-12-16(2)33-20/h6-7,10-13,17H,3-5,8-9,14-15H2,1-2H3,(H,24,30). The van der Waals surface area contributed by atoms with Gasteiger partial charge in [0, 0.05) is 6.04 Å². The molecule has 0 saturated heterocycles. The van der Waals surface area contributed by atoms with E-state index in [9.17, 15) is 9.59 Å². The van der Waals surface area contributed by atoms with Crippen LogP contribution in [0.15, 0.2) is 40.8 Å². The monoisotopic (exact) mass is 452 g/mol. The molecule has 1 aliphatic rings. The zero-order chi connectivity index (χ0) is 23.2. The van der Waals surface area contributed by atoms with E-state index in [4.69, 9.17) is 9.15 Å². The first-order valence-corrected chi connectivity index (χ1v) is 11.2. The SMILES string of the molecule is CCOc1ccccc1N(CC(=O)NC1CCCC1)C(=O)Cn1nnc(-c2ccc(C)o2)n1. The van der Waals surface area contributed by atoms with Crippen molar-refractivity contribution in [1.29, 1.82) is 0 Å². The normalized spacial score (nSPS) is 13.8. The second kappa shape index (κ2) is 10.3. The third-order valence-corrected chi connectivity index (χ3v) is 5.47. The highest BCUT2D eigenvalue weighted by Crippen LogP contribution is 2.28. The van der Waals surface area contributed by atoms with Crippen LogP contribution >= 0.6 is 0 Å². The van der Waals surface area contributed by atoms with Crippen LogP contribution in [-0.2, 0) is 16.1 Å². The number of carbonyl (C=O) groups excluding carboxylic acids is 2. The van der Waals surface area contributed by atoms with Crippen molar-refractivity contribution in [2.75, 3.05) is 18.1 Å². The Morgan fingerprint density at radius 1 is 1.21 bits per heavy atom. The van der Waals surface area contributed by atoms with Crippen molar-refractivity contribution in [3.63, 3.8) is 0 Å². The number of carbonyl (C=O) groups is 2. The summed E-state index contributed by atoms with van der Waals surface area (Å²) in [5.41, 5.74) is 0.521. The van der Waals surface area contributed by atoms with Gasteiger partial charge < -0.3 is 14.5 Å². The number of rotatable bonds is 9. The summed E-state index contributed by atoms with van der Waals surface area (Å²) in [5, 5.41) is 15.2. The Morgan fingerprint density at radius 3 is 2.73 bits per heavy atom. The third kappa shape index (κ3) is 5.57. The lowest BCUT2D eigenvalue weighted by atomic mass is 10.2. The number of furan rings is 1. The number of aryl methyl sites for hydroxylation is 1. The van der Waals surface area contributed by atoms with E-state index in [0.29, 0.717) is 23.8 Å². The predicted molar refractivity (Wildman–Crippen MR) is 121 cm³/mol. The van der Waals surface area contributed by atoms with Gasteiger partial charge in [-0.3, -0.25) is 14.5 Å². The number of aromatic nitrogens is 4. The summed E-state index contributed by atoms with van der Waals surface area (Å²) in [5.74, 6) is 1.45. The number of nitrogens with zero attached hydrogens (tertiary/aromatic N) is 5. The third-order valence-electron chi connectivity index (χ3n) is 5.47. The molecule has 1 aromatic carbocycles. The second-order valence-corrected chi connectivity index (χ2v) is 7.98. The number of para-hydroxylation sites is 2. The van der Waals surface area contributed by atoms with Gasteiger partial charge in [-0.2, -0.15) is 4.80 Å². The molecule has 0 radical (unpaired) electrons. The molecule has 1 fully saturated rings.